The third kappa shape index (κ3) is 12.5. The van der Waals surface area contributed by atoms with E-state index in [4.69, 9.17) is 14.4 Å². The van der Waals surface area contributed by atoms with Crippen molar-refractivity contribution in [2.24, 2.45) is 21.6 Å². The Balaban J connectivity index is 0.000000209. The van der Waals surface area contributed by atoms with Crippen LogP contribution in [-0.4, -0.2) is 62.2 Å². The lowest BCUT2D eigenvalue weighted by Crippen LogP contribution is -2.32. The standard InChI is InChI=1S/C34H36N2O6.C32H34N2O3/c1-8-36-30-13-9-24(21(3)35-42-23(5)38)18-28(30)29-19-25(10-14-31(29)36)33(40)27-12-11-26(17-20(27)2)41-16-15-32(39)34(6,7)22(4)37;1-4-34-30-17-14-24(29(33-37-22(3)35)16-13-23-10-6-7-11-23)19-27(30)28-20-25(15-18-31(28)34)32(36)26-12-8-5-9-21(26)2/h9-14,17-19H,8,15-16H2,1-7H3;5,8-9,12,14-15,17-20,23H,4,6-7,10-11,13,16H2,1-3H3. The second-order valence-electron chi connectivity index (χ2n) is 21.1. The number of nitrogens with zero attached hydrogens (tertiary/aromatic N) is 4. The maximum atomic E-state index is 13.6. The van der Waals surface area contributed by atoms with E-state index in [0.717, 1.165) is 103 Å². The molecule has 0 bridgehead atoms. The van der Waals surface area contributed by atoms with Crippen LogP contribution < -0.4 is 4.74 Å². The highest BCUT2D eigenvalue weighted by atomic mass is 16.7. The first-order chi connectivity index (χ1) is 37.8. The zero-order valence-corrected chi connectivity index (χ0v) is 47.1. The highest BCUT2D eigenvalue weighted by molar-refractivity contribution is 6.18. The number of hydrogen-bond acceptors (Lipinski definition) is 11. The van der Waals surface area contributed by atoms with Gasteiger partial charge in [-0.2, -0.15) is 0 Å². The van der Waals surface area contributed by atoms with Crippen LogP contribution in [0, 0.1) is 25.2 Å². The molecule has 0 aliphatic heterocycles. The van der Waals surface area contributed by atoms with E-state index in [-0.39, 0.29) is 36.2 Å². The quantitative estimate of drug-likeness (QED) is 0.0252. The Morgan fingerprint density at radius 3 is 1.54 bits per heavy atom. The van der Waals surface area contributed by atoms with Gasteiger partial charge in [0.25, 0.3) is 0 Å². The van der Waals surface area contributed by atoms with E-state index in [1.54, 1.807) is 39.0 Å². The summed E-state index contributed by atoms with van der Waals surface area (Å²) in [4.78, 5) is 83.8. The second-order valence-corrected chi connectivity index (χ2v) is 21.1. The van der Waals surface area contributed by atoms with E-state index in [2.05, 4.69) is 57.6 Å². The predicted octanol–water partition coefficient (Wildman–Crippen LogP) is 14.2. The number of aromatic nitrogens is 2. The Bertz CT molecular complexity index is 3750. The number of hydrogen-bond donors (Lipinski definition) is 0. The van der Waals surface area contributed by atoms with Gasteiger partial charge in [0.15, 0.2) is 11.6 Å². The Kier molecular flexibility index (Phi) is 17.7. The minimum atomic E-state index is -1.03. The van der Waals surface area contributed by atoms with Gasteiger partial charge in [0.1, 0.15) is 17.3 Å². The lowest BCUT2D eigenvalue weighted by Gasteiger charge is -2.19. The van der Waals surface area contributed by atoms with Crippen molar-refractivity contribution in [1.29, 1.82) is 0 Å². The summed E-state index contributed by atoms with van der Waals surface area (Å²) in [6.07, 6.45) is 7.06. The molecule has 408 valence electrons. The van der Waals surface area contributed by atoms with Crippen LogP contribution in [0.1, 0.15) is 154 Å². The van der Waals surface area contributed by atoms with Crippen molar-refractivity contribution in [2.75, 3.05) is 6.61 Å². The van der Waals surface area contributed by atoms with Crippen LogP contribution in [0.25, 0.3) is 43.6 Å². The number of ether oxygens (including phenoxy) is 1. The van der Waals surface area contributed by atoms with Crippen molar-refractivity contribution in [1.82, 2.24) is 9.13 Å². The number of Topliss-reactive ketones (excluding diaryl/α,β-unsaturated/α-hetero) is 2. The smallest absolute Gasteiger partial charge is 0.331 e. The van der Waals surface area contributed by atoms with Crippen LogP contribution in [0.4, 0.5) is 0 Å². The number of oxime groups is 2. The molecule has 2 aromatic heterocycles. The summed E-state index contributed by atoms with van der Waals surface area (Å²) in [5.74, 6) is -0.0610. The van der Waals surface area contributed by atoms with Crippen molar-refractivity contribution in [2.45, 2.75) is 127 Å². The fraction of sp³-hybridized carbons (Fsp3) is 0.333. The van der Waals surface area contributed by atoms with Crippen LogP contribution in [0.5, 0.6) is 5.75 Å². The summed E-state index contributed by atoms with van der Waals surface area (Å²) in [7, 11) is 0. The van der Waals surface area contributed by atoms with E-state index >= 15 is 0 Å². The monoisotopic (exact) mass is 1060 g/mol. The molecule has 8 aromatic rings. The maximum Gasteiger partial charge on any atom is 0.331 e. The zero-order valence-electron chi connectivity index (χ0n) is 47.1. The van der Waals surface area contributed by atoms with Gasteiger partial charge in [0.2, 0.25) is 0 Å². The molecule has 6 aromatic carbocycles. The number of ketones is 4. The van der Waals surface area contributed by atoms with Crippen molar-refractivity contribution in [3.05, 3.63) is 160 Å². The summed E-state index contributed by atoms with van der Waals surface area (Å²) in [5.41, 5.74) is 10.6. The first-order valence-electron chi connectivity index (χ1n) is 27.3. The van der Waals surface area contributed by atoms with Crippen LogP contribution in [0.15, 0.2) is 126 Å². The molecular formula is C66H70N4O9. The minimum Gasteiger partial charge on any atom is -0.493 e. The molecule has 2 heterocycles. The number of fused-ring (bicyclic) bond motifs is 6. The summed E-state index contributed by atoms with van der Waals surface area (Å²) in [5, 5.41) is 12.2. The molecule has 79 heavy (non-hydrogen) atoms. The molecule has 0 N–H and O–H groups in total. The Labute approximate surface area is 461 Å². The molecule has 1 saturated carbocycles. The lowest BCUT2D eigenvalue weighted by molar-refractivity contribution is -0.141. The predicted molar refractivity (Wildman–Crippen MR) is 313 cm³/mol. The topological polar surface area (TPSA) is 165 Å². The number of carbonyl (C=O) groups excluding carboxylic acids is 6. The molecule has 0 radical (unpaired) electrons. The molecule has 1 aliphatic rings. The Hall–Kier alpha value is -8.32. The average Bonchev–Trinajstić information content (AvgIpc) is 4.24. The largest absolute Gasteiger partial charge is 0.493 e. The van der Waals surface area contributed by atoms with Crippen LogP contribution >= 0.6 is 0 Å². The van der Waals surface area contributed by atoms with Gasteiger partial charge in [-0.1, -0.05) is 72.4 Å². The number of benzene rings is 6. The highest BCUT2D eigenvalue weighted by Gasteiger charge is 2.32. The molecule has 13 heteroatoms. The van der Waals surface area contributed by atoms with Gasteiger partial charge in [0, 0.05) is 105 Å². The van der Waals surface area contributed by atoms with Crippen molar-refractivity contribution < 1.29 is 43.2 Å². The minimum absolute atomic E-state index is 0.0298. The van der Waals surface area contributed by atoms with Crippen LogP contribution in [0.2, 0.25) is 0 Å². The van der Waals surface area contributed by atoms with Gasteiger partial charge in [-0.05, 0) is 170 Å². The summed E-state index contributed by atoms with van der Waals surface area (Å²) < 4.78 is 10.2. The molecular weight excluding hydrogens is 993 g/mol. The zero-order chi connectivity index (χ0) is 56.7. The van der Waals surface area contributed by atoms with E-state index in [9.17, 15) is 28.8 Å². The first-order valence-corrected chi connectivity index (χ1v) is 27.3. The molecule has 0 spiro atoms. The van der Waals surface area contributed by atoms with Gasteiger partial charge in [0.05, 0.1) is 23.4 Å². The number of carbonyl (C=O) groups is 6. The van der Waals surface area contributed by atoms with Gasteiger partial charge in [-0.25, -0.2) is 9.59 Å². The summed E-state index contributed by atoms with van der Waals surface area (Å²) in [6, 6.07) is 37.0. The molecule has 1 fully saturated rings. The van der Waals surface area contributed by atoms with Gasteiger partial charge < -0.3 is 23.5 Å². The summed E-state index contributed by atoms with van der Waals surface area (Å²) in [6.45, 7) is 18.9. The Morgan fingerprint density at radius 1 is 0.557 bits per heavy atom. The maximum absolute atomic E-state index is 13.6. The molecule has 9 rings (SSSR count). The van der Waals surface area contributed by atoms with Crippen molar-refractivity contribution in [3.8, 4) is 5.75 Å². The SMILES string of the molecule is CCn1c2ccc(C(=O)c3ccc(OCCC(=O)C(C)(C)C(C)=O)cc3C)cc2c2cc(C(C)=NOC(C)=O)ccc21.CCn1c2ccc(C(=O)c3ccccc3C)cc2c2cc(C(CCC3CCCC3)=NOC(C)=O)ccc21. The van der Waals surface area contributed by atoms with Gasteiger partial charge in [-0.3, -0.25) is 19.2 Å². The van der Waals surface area contributed by atoms with E-state index in [0.29, 0.717) is 34.1 Å². The van der Waals surface area contributed by atoms with E-state index in [1.807, 2.05) is 86.6 Å². The molecule has 0 unspecified atom stereocenters. The third-order valence-electron chi connectivity index (χ3n) is 15.5. The first kappa shape index (κ1) is 56.9. The fourth-order valence-corrected chi connectivity index (χ4v) is 10.7. The van der Waals surface area contributed by atoms with Crippen molar-refractivity contribution in [3.63, 3.8) is 0 Å². The molecule has 0 amide bonds. The highest BCUT2D eigenvalue weighted by Crippen LogP contribution is 2.35. The molecule has 13 nitrogen and oxygen atoms in total. The normalized spacial score (nSPS) is 13.2. The van der Waals surface area contributed by atoms with E-state index in [1.165, 1.54) is 46.5 Å². The fourth-order valence-electron chi connectivity index (χ4n) is 10.7. The van der Waals surface area contributed by atoms with Gasteiger partial charge >= 0.3 is 11.9 Å². The molecule has 1 aliphatic carbocycles. The van der Waals surface area contributed by atoms with Crippen molar-refractivity contribution >= 4 is 90.1 Å². The number of aryl methyl sites for hydroxylation is 4. The number of rotatable bonds is 19. The Morgan fingerprint density at radius 2 is 1.04 bits per heavy atom. The lowest BCUT2D eigenvalue weighted by atomic mass is 9.83. The molecule has 0 saturated heterocycles. The van der Waals surface area contributed by atoms with Gasteiger partial charge in [-0.15, -0.1) is 0 Å². The second kappa shape index (κ2) is 24.6. The average molecular weight is 1060 g/mol. The molecule has 0 atom stereocenters. The van der Waals surface area contributed by atoms with E-state index < -0.39 is 17.4 Å². The third-order valence-corrected chi connectivity index (χ3v) is 15.5. The van der Waals surface area contributed by atoms with Crippen LogP contribution in [0.3, 0.4) is 0 Å². The van der Waals surface area contributed by atoms with Crippen LogP contribution in [-0.2, 0) is 41.9 Å². The summed E-state index contributed by atoms with van der Waals surface area (Å²) >= 11 is 0.